The lowest BCUT2D eigenvalue weighted by Gasteiger charge is -2.24. The molecular weight excluding hydrogens is 458 g/mol. The van der Waals surface area contributed by atoms with E-state index in [9.17, 15) is 29.1 Å². The molecule has 0 saturated carbocycles. The van der Waals surface area contributed by atoms with E-state index in [2.05, 4.69) is 28.6 Å². The summed E-state index contributed by atoms with van der Waals surface area (Å²) in [7, 11) is 0. The number of carbonyl (C=O) groups is 5. The van der Waals surface area contributed by atoms with E-state index in [-0.39, 0.29) is 30.9 Å². The van der Waals surface area contributed by atoms with Crippen LogP contribution in [0.3, 0.4) is 0 Å². The molecule has 0 fully saturated rings. The lowest BCUT2D eigenvalue weighted by Crippen LogP contribution is -2.57. The first-order chi connectivity index (χ1) is 14.9. The van der Waals surface area contributed by atoms with E-state index >= 15 is 0 Å². The highest BCUT2D eigenvalue weighted by Crippen LogP contribution is 2.06. The summed E-state index contributed by atoms with van der Waals surface area (Å²) >= 11 is 5.49. The molecule has 13 heteroatoms. The van der Waals surface area contributed by atoms with E-state index in [1.165, 1.54) is 11.8 Å². The number of hydrogen-bond acceptors (Lipinski definition) is 8. The van der Waals surface area contributed by atoms with Crippen molar-refractivity contribution in [3.05, 3.63) is 0 Å². The van der Waals surface area contributed by atoms with Crippen molar-refractivity contribution < 1.29 is 29.1 Å². The number of amides is 4. The SMILES string of the molecule is CSCCC(NC(=O)C(CS)NC(=O)C(CCC(N)=O)NC(=O)C(N)CC(C)C)C(=O)O. The third-order valence-electron chi connectivity index (χ3n) is 4.42. The number of nitrogens with one attached hydrogen (secondary N) is 3. The van der Waals surface area contributed by atoms with Gasteiger partial charge in [-0.2, -0.15) is 24.4 Å². The molecule has 0 spiro atoms. The maximum atomic E-state index is 12.7. The van der Waals surface area contributed by atoms with Gasteiger partial charge in [-0.05, 0) is 37.2 Å². The summed E-state index contributed by atoms with van der Waals surface area (Å²) in [5, 5.41) is 16.6. The Balaban J connectivity index is 5.25. The van der Waals surface area contributed by atoms with E-state index in [0.29, 0.717) is 12.2 Å². The van der Waals surface area contributed by atoms with Gasteiger partial charge in [0.2, 0.25) is 23.6 Å². The number of thiol groups is 1. The third kappa shape index (κ3) is 12.2. The Bertz CT molecular complexity index is 664. The number of carboxylic acid groups (broad SMARTS) is 1. The highest BCUT2D eigenvalue weighted by atomic mass is 32.2. The monoisotopic (exact) mass is 493 g/mol. The van der Waals surface area contributed by atoms with Crippen LogP contribution in [0.5, 0.6) is 0 Å². The zero-order valence-corrected chi connectivity index (χ0v) is 20.3. The number of carboxylic acids is 1. The molecule has 0 heterocycles. The molecule has 4 unspecified atom stereocenters. The van der Waals surface area contributed by atoms with Crippen LogP contribution in [0.25, 0.3) is 0 Å². The highest BCUT2D eigenvalue weighted by Gasteiger charge is 2.30. The van der Waals surface area contributed by atoms with Crippen molar-refractivity contribution in [3.8, 4) is 0 Å². The highest BCUT2D eigenvalue weighted by molar-refractivity contribution is 7.98. The summed E-state index contributed by atoms with van der Waals surface area (Å²) < 4.78 is 0. The molecule has 0 aromatic heterocycles. The molecule has 0 radical (unpaired) electrons. The van der Waals surface area contributed by atoms with Crippen molar-refractivity contribution in [1.29, 1.82) is 0 Å². The quantitative estimate of drug-likeness (QED) is 0.131. The van der Waals surface area contributed by atoms with Crippen molar-refractivity contribution in [2.45, 2.75) is 63.7 Å². The van der Waals surface area contributed by atoms with Gasteiger partial charge in [0.25, 0.3) is 0 Å². The van der Waals surface area contributed by atoms with E-state index in [4.69, 9.17) is 11.5 Å². The normalized spacial score (nSPS) is 14.7. The summed E-state index contributed by atoms with van der Waals surface area (Å²) in [6.07, 6.45) is 2.15. The predicted molar refractivity (Wildman–Crippen MR) is 126 cm³/mol. The van der Waals surface area contributed by atoms with Gasteiger partial charge in [0.1, 0.15) is 18.1 Å². The smallest absolute Gasteiger partial charge is 0.326 e. The van der Waals surface area contributed by atoms with E-state index in [1.807, 2.05) is 20.1 Å². The molecule has 0 rings (SSSR count). The Kier molecular flexibility index (Phi) is 14.8. The van der Waals surface area contributed by atoms with Gasteiger partial charge in [0, 0.05) is 12.2 Å². The van der Waals surface area contributed by atoms with E-state index in [1.54, 1.807) is 0 Å². The van der Waals surface area contributed by atoms with Gasteiger partial charge in [-0.25, -0.2) is 4.79 Å². The molecule has 184 valence electrons. The van der Waals surface area contributed by atoms with Crippen molar-refractivity contribution in [1.82, 2.24) is 16.0 Å². The number of rotatable bonds is 16. The van der Waals surface area contributed by atoms with Gasteiger partial charge in [-0.1, -0.05) is 13.8 Å². The van der Waals surface area contributed by atoms with Crippen molar-refractivity contribution in [2.24, 2.45) is 17.4 Å². The van der Waals surface area contributed by atoms with Crippen molar-refractivity contribution >= 4 is 54.0 Å². The molecule has 0 aromatic carbocycles. The molecule has 0 aliphatic heterocycles. The second kappa shape index (κ2) is 15.8. The Morgan fingerprint density at radius 1 is 0.938 bits per heavy atom. The van der Waals surface area contributed by atoms with Gasteiger partial charge < -0.3 is 32.5 Å². The molecule has 0 bridgehead atoms. The minimum Gasteiger partial charge on any atom is -0.480 e. The van der Waals surface area contributed by atoms with E-state index in [0.717, 1.165) is 0 Å². The minimum atomic E-state index is -1.19. The summed E-state index contributed by atoms with van der Waals surface area (Å²) in [4.78, 5) is 60.1. The lowest BCUT2D eigenvalue weighted by molar-refractivity contribution is -0.142. The van der Waals surface area contributed by atoms with Gasteiger partial charge in [-0.3, -0.25) is 19.2 Å². The molecule has 11 nitrogen and oxygen atoms in total. The van der Waals surface area contributed by atoms with Crippen LogP contribution in [0, 0.1) is 5.92 Å². The topological polar surface area (TPSA) is 194 Å². The van der Waals surface area contributed by atoms with Crippen LogP contribution in [0.15, 0.2) is 0 Å². The van der Waals surface area contributed by atoms with Crippen LogP contribution in [-0.4, -0.2) is 76.6 Å². The number of carbonyl (C=O) groups excluding carboxylic acids is 4. The Morgan fingerprint density at radius 2 is 1.47 bits per heavy atom. The van der Waals surface area contributed by atoms with Gasteiger partial charge in [-0.15, -0.1) is 0 Å². The zero-order valence-electron chi connectivity index (χ0n) is 18.6. The van der Waals surface area contributed by atoms with Gasteiger partial charge >= 0.3 is 5.97 Å². The molecule has 0 aromatic rings. The fraction of sp³-hybridized carbons (Fsp3) is 0.737. The molecule has 0 saturated heterocycles. The minimum absolute atomic E-state index is 0.0896. The molecule has 0 aliphatic carbocycles. The first kappa shape index (κ1) is 30.0. The zero-order chi connectivity index (χ0) is 24.8. The second-order valence-electron chi connectivity index (χ2n) is 7.73. The Hall–Kier alpha value is -1.99. The molecule has 4 atom stereocenters. The fourth-order valence-corrected chi connectivity index (χ4v) is 3.41. The van der Waals surface area contributed by atoms with Crippen LogP contribution < -0.4 is 27.4 Å². The number of nitrogens with two attached hydrogens (primary N) is 2. The standard InChI is InChI=1S/C19H35N5O6S2/c1-10(2)8-11(20)16(26)22-12(4-5-15(21)25)17(27)24-14(9-31)18(28)23-13(19(29)30)6-7-32-3/h10-14,31H,4-9,20H2,1-3H3,(H2,21,25)(H,22,26)(H,23,28)(H,24,27)(H,29,30). The maximum Gasteiger partial charge on any atom is 0.326 e. The van der Waals surface area contributed by atoms with Gasteiger partial charge in [0.15, 0.2) is 0 Å². The molecule has 8 N–H and O–H groups in total. The van der Waals surface area contributed by atoms with Gasteiger partial charge in [0.05, 0.1) is 6.04 Å². The maximum absolute atomic E-state index is 12.7. The second-order valence-corrected chi connectivity index (χ2v) is 9.08. The molecule has 32 heavy (non-hydrogen) atoms. The fourth-order valence-electron chi connectivity index (χ4n) is 2.68. The summed E-state index contributed by atoms with van der Waals surface area (Å²) in [5.74, 6) is -3.33. The largest absolute Gasteiger partial charge is 0.480 e. The molecule has 4 amide bonds. The van der Waals surface area contributed by atoms with Crippen LogP contribution in [0.2, 0.25) is 0 Å². The first-order valence-corrected chi connectivity index (χ1v) is 12.2. The lowest BCUT2D eigenvalue weighted by atomic mass is 10.0. The first-order valence-electron chi connectivity index (χ1n) is 10.2. The number of thioether (sulfide) groups is 1. The van der Waals surface area contributed by atoms with Crippen LogP contribution in [-0.2, 0) is 24.0 Å². The van der Waals surface area contributed by atoms with Crippen molar-refractivity contribution in [3.63, 3.8) is 0 Å². The number of aliphatic carboxylic acids is 1. The van der Waals surface area contributed by atoms with Crippen molar-refractivity contribution in [2.75, 3.05) is 17.8 Å². The Morgan fingerprint density at radius 3 is 1.94 bits per heavy atom. The predicted octanol–water partition coefficient (Wildman–Crippen LogP) is -1.15. The van der Waals surface area contributed by atoms with Crippen LogP contribution in [0.1, 0.15) is 39.5 Å². The molecule has 0 aliphatic rings. The molecular formula is C19H35N5O6S2. The third-order valence-corrected chi connectivity index (χ3v) is 5.42. The average molecular weight is 494 g/mol. The summed E-state index contributed by atoms with van der Waals surface area (Å²) in [6, 6.07) is -4.28. The Labute approximate surface area is 198 Å². The number of primary amides is 1. The average Bonchev–Trinajstić information content (AvgIpc) is 2.70. The van der Waals surface area contributed by atoms with E-state index < -0.39 is 53.8 Å². The summed E-state index contributed by atoms with van der Waals surface area (Å²) in [6.45, 7) is 3.79. The van der Waals surface area contributed by atoms with Crippen LogP contribution >= 0.6 is 24.4 Å². The summed E-state index contributed by atoms with van der Waals surface area (Å²) in [5.41, 5.74) is 11.0. The van der Waals surface area contributed by atoms with Crippen LogP contribution in [0.4, 0.5) is 0 Å². The number of hydrogen-bond donors (Lipinski definition) is 7.